The van der Waals surface area contributed by atoms with E-state index >= 15 is 0 Å². The van der Waals surface area contributed by atoms with Gasteiger partial charge in [0.25, 0.3) is 0 Å². The molecular weight excluding hydrogens is 508 g/mol. The molecule has 0 aromatic carbocycles. The largest absolute Gasteiger partial charge is 0.394 e. The fourth-order valence-corrected chi connectivity index (χ4v) is 3.95. The Morgan fingerprint density at radius 2 is 0.897 bits per heavy atom. The van der Waals surface area contributed by atoms with Crippen molar-refractivity contribution < 1.29 is 47.7 Å². The van der Waals surface area contributed by atoms with Crippen LogP contribution in [0.3, 0.4) is 0 Å². The summed E-state index contributed by atoms with van der Waals surface area (Å²) in [4.78, 5) is 0. The standard InChI is InChI=1S/C29H58O10/c1-2-3-4-5-6-7-8-9-10-11-29-38-26-28(27-39-29)37-25-24-36-23-22-35-21-20-34-19-18-33-17-16-32-15-14-31-13-12-30/h28-30H,2-27H2,1H3. The quantitative estimate of drug-likeness (QED) is 0.125. The third kappa shape index (κ3) is 26.3. The summed E-state index contributed by atoms with van der Waals surface area (Å²) in [6.45, 7) is 9.99. The van der Waals surface area contributed by atoms with E-state index in [1.54, 1.807) is 0 Å². The normalized spacial score (nSPS) is 17.7. The topological polar surface area (TPSA) is 103 Å². The van der Waals surface area contributed by atoms with Crippen LogP contribution in [-0.4, -0.2) is 123 Å². The average molecular weight is 567 g/mol. The van der Waals surface area contributed by atoms with Gasteiger partial charge in [-0.25, -0.2) is 0 Å². The summed E-state index contributed by atoms with van der Waals surface area (Å²) in [5.74, 6) is 0. The summed E-state index contributed by atoms with van der Waals surface area (Å²) in [5, 5.41) is 8.58. The molecule has 1 aliphatic heterocycles. The molecule has 0 aliphatic carbocycles. The third-order valence-electron chi connectivity index (χ3n) is 6.16. The van der Waals surface area contributed by atoms with Gasteiger partial charge in [-0.05, 0) is 12.8 Å². The first-order valence-electron chi connectivity index (χ1n) is 15.3. The molecule has 10 heteroatoms. The molecule has 1 rings (SSSR count). The lowest BCUT2D eigenvalue weighted by atomic mass is 10.1. The van der Waals surface area contributed by atoms with Crippen LogP contribution in [0.5, 0.6) is 0 Å². The third-order valence-corrected chi connectivity index (χ3v) is 6.16. The van der Waals surface area contributed by atoms with Gasteiger partial charge in [0.1, 0.15) is 6.10 Å². The lowest BCUT2D eigenvalue weighted by Crippen LogP contribution is -2.37. The number of unbranched alkanes of at least 4 members (excludes halogenated alkanes) is 8. The summed E-state index contributed by atoms with van der Waals surface area (Å²) in [7, 11) is 0. The van der Waals surface area contributed by atoms with E-state index in [1.807, 2.05) is 0 Å². The van der Waals surface area contributed by atoms with Gasteiger partial charge in [-0.2, -0.15) is 0 Å². The fraction of sp³-hybridized carbons (Fsp3) is 1.00. The fourth-order valence-electron chi connectivity index (χ4n) is 3.95. The van der Waals surface area contributed by atoms with Crippen molar-refractivity contribution in [3.8, 4) is 0 Å². The molecule has 0 saturated carbocycles. The lowest BCUT2D eigenvalue weighted by molar-refractivity contribution is -0.230. The van der Waals surface area contributed by atoms with Crippen LogP contribution < -0.4 is 0 Å². The van der Waals surface area contributed by atoms with Crippen molar-refractivity contribution in [2.45, 2.75) is 83.5 Å². The number of rotatable bonds is 31. The van der Waals surface area contributed by atoms with Crippen LogP contribution in [0.15, 0.2) is 0 Å². The Bertz CT molecular complexity index is 463. The van der Waals surface area contributed by atoms with Crippen molar-refractivity contribution in [1.82, 2.24) is 0 Å². The van der Waals surface area contributed by atoms with Gasteiger partial charge in [0.2, 0.25) is 0 Å². The van der Waals surface area contributed by atoms with Gasteiger partial charge >= 0.3 is 0 Å². The van der Waals surface area contributed by atoms with Crippen LogP contribution in [0.4, 0.5) is 0 Å². The minimum atomic E-state index is -0.0756. The first-order chi connectivity index (χ1) is 19.4. The van der Waals surface area contributed by atoms with E-state index in [1.165, 1.54) is 57.8 Å². The van der Waals surface area contributed by atoms with E-state index in [0.29, 0.717) is 99.1 Å². The monoisotopic (exact) mass is 566 g/mol. The molecule has 0 radical (unpaired) electrons. The number of aliphatic hydroxyl groups excluding tert-OH is 1. The number of hydrogen-bond acceptors (Lipinski definition) is 10. The molecule has 0 bridgehead atoms. The van der Waals surface area contributed by atoms with E-state index < -0.39 is 0 Å². The Morgan fingerprint density at radius 1 is 0.513 bits per heavy atom. The van der Waals surface area contributed by atoms with Gasteiger partial charge in [-0.15, -0.1) is 0 Å². The highest BCUT2D eigenvalue weighted by atomic mass is 16.7. The minimum absolute atomic E-state index is 0.0186. The molecule has 10 nitrogen and oxygen atoms in total. The number of hydrogen-bond donors (Lipinski definition) is 1. The molecule has 0 aromatic rings. The van der Waals surface area contributed by atoms with Gasteiger partial charge in [-0.1, -0.05) is 58.3 Å². The van der Waals surface area contributed by atoms with Crippen molar-refractivity contribution in [3.63, 3.8) is 0 Å². The number of aliphatic hydroxyl groups is 1. The van der Waals surface area contributed by atoms with Gasteiger partial charge < -0.3 is 47.7 Å². The molecule has 1 aliphatic rings. The van der Waals surface area contributed by atoms with Crippen LogP contribution in [0.1, 0.15) is 71.1 Å². The van der Waals surface area contributed by atoms with E-state index in [0.717, 1.165) is 6.42 Å². The van der Waals surface area contributed by atoms with Crippen LogP contribution in [-0.2, 0) is 42.6 Å². The number of ether oxygens (including phenoxy) is 9. The molecule has 1 N–H and O–H groups in total. The minimum Gasteiger partial charge on any atom is -0.394 e. The zero-order valence-corrected chi connectivity index (χ0v) is 24.7. The molecule has 39 heavy (non-hydrogen) atoms. The molecule has 0 spiro atoms. The van der Waals surface area contributed by atoms with Gasteiger partial charge in [0, 0.05) is 0 Å². The van der Waals surface area contributed by atoms with E-state index in [2.05, 4.69) is 6.92 Å². The molecule has 1 saturated heterocycles. The maximum Gasteiger partial charge on any atom is 0.157 e. The summed E-state index contributed by atoms with van der Waals surface area (Å²) in [5.41, 5.74) is 0. The average Bonchev–Trinajstić information content (AvgIpc) is 2.96. The van der Waals surface area contributed by atoms with E-state index in [4.69, 9.17) is 47.7 Å². The second-order valence-electron chi connectivity index (χ2n) is 9.60. The van der Waals surface area contributed by atoms with Crippen molar-refractivity contribution in [1.29, 1.82) is 0 Å². The molecule has 234 valence electrons. The van der Waals surface area contributed by atoms with Crippen LogP contribution in [0.2, 0.25) is 0 Å². The summed E-state index contributed by atoms with van der Waals surface area (Å²) >= 11 is 0. The van der Waals surface area contributed by atoms with Crippen LogP contribution in [0.25, 0.3) is 0 Å². The van der Waals surface area contributed by atoms with Crippen molar-refractivity contribution >= 4 is 0 Å². The second-order valence-corrected chi connectivity index (χ2v) is 9.60. The maximum atomic E-state index is 8.58. The summed E-state index contributed by atoms with van der Waals surface area (Å²) < 4.78 is 49.8. The SMILES string of the molecule is CCCCCCCCCCCC1OCC(OCCOCCOCCOCCOCCOCCOCCO)CO1. The Kier molecular flexibility index (Phi) is 28.7. The molecule has 0 atom stereocenters. The summed E-state index contributed by atoms with van der Waals surface area (Å²) in [6, 6.07) is 0. The van der Waals surface area contributed by atoms with E-state index in [-0.39, 0.29) is 19.0 Å². The Morgan fingerprint density at radius 3 is 1.33 bits per heavy atom. The molecule has 0 unspecified atom stereocenters. The highest BCUT2D eigenvalue weighted by molar-refractivity contribution is 4.63. The second kappa shape index (κ2) is 30.6. The molecule has 0 aromatic heterocycles. The van der Waals surface area contributed by atoms with Gasteiger partial charge in [-0.3, -0.25) is 0 Å². The highest BCUT2D eigenvalue weighted by Crippen LogP contribution is 2.16. The predicted octanol–water partition coefficient (Wildman–Crippen LogP) is 3.76. The lowest BCUT2D eigenvalue weighted by Gasteiger charge is -2.29. The zero-order chi connectivity index (χ0) is 27.9. The maximum absolute atomic E-state index is 8.58. The predicted molar refractivity (Wildman–Crippen MR) is 149 cm³/mol. The Balaban J connectivity index is 1.72. The Labute approximate surface area is 237 Å². The first kappa shape index (κ1) is 36.6. The van der Waals surface area contributed by atoms with Crippen LogP contribution in [0, 0.1) is 0 Å². The van der Waals surface area contributed by atoms with Crippen molar-refractivity contribution in [2.75, 3.05) is 106 Å². The van der Waals surface area contributed by atoms with Gasteiger partial charge in [0.05, 0.1) is 106 Å². The van der Waals surface area contributed by atoms with Crippen molar-refractivity contribution in [2.24, 2.45) is 0 Å². The first-order valence-corrected chi connectivity index (χ1v) is 15.3. The molecule has 0 amide bonds. The smallest absolute Gasteiger partial charge is 0.157 e. The Hall–Kier alpha value is -0.400. The highest BCUT2D eigenvalue weighted by Gasteiger charge is 2.22. The molecular formula is C29H58O10. The van der Waals surface area contributed by atoms with Gasteiger partial charge in [0.15, 0.2) is 6.29 Å². The molecule has 1 fully saturated rings. The zero-order valence-electron chi connectivity index (χ0n) is 24.7. The van der Waals surface area contributed by atoms with E-state index in [9.17, 15) is 0 Å². The van der Waals surface area contributed by atoms with Crippen LogP contribution >= 0.6 is 0 Å². The summed E-state index contributed by atoms with van der Waals surface area (Å²) in [6.07, 6.45) is 12.8. The van der Waals surface area contributed by atoms with Crippen molar-refractivity contribution in [3.05, 3.63) is 0 Å². The molecule has 1 heterocycles.